The Morgan fingerprint density at radius 2 is 0.592 bits per heavy atom. The van der Waals surface area contributed by atoms with Crippen LogP contribution in [0.2, 0.25) is 13.1 Å². The van der Waals surface area contributed by atoms with Gasteiger partial charge in [-0.25, -0.2) is 0 Å². The summed E-state index contributed by atoms with van der Waals surface area (Å²) in [6, 6.07) is 69.2. The standard InChI is InChI=1S/C19H23N.C18H23NSi.C16H17NO.C16H17NS/c1-18(2,3)20-16-12-8-6-10-14(16)19(4,5)15-11-7-9-13-17(15)20;1-18(2,3)19-14-10-6-8-12-16(14)20(4,5)17-13-9-7-11-15(17)19;2*1-16(2,3)17-12-8-4-6-10-14(12)18-15-11-7-5-9-13(15)17/h2*6-13H,1-5H3;2*4-11H,1-3H3. The minimum atomic E-state index is -1.59. The maximum atomic E-state index is 5.96. The molecule has 5 nitrogen and oxygen atoms in total. The molecule has 0 radical (unpaired) electrons. The quantitative estimate of drug-likeness (QED) is 0.140. The van der Waals surface area contributed by atoms with Gasteiger partial charge < -0.3 is 24.3 Å². The van der Waals surface area contributed by atoms with E-state index in [9.17, 15) is 0 Å². The summed E-state index contributed by atoms with van der Waals surface area (Å²) in [6.45, 7) is 36.7. The van der Waals surface area contributed by atoms with E-state index >= 15 is 0 Å². The van der Waals surface area contributed by atoms with E-state index in [0.29, 0.717) is 0 Å². The van der Waals surface area contributed by atoms with Crippen molar-refractivity contribution in [2.45, 2.75) is 147 Å². The van der Waals surface area contributed by atoms with Crippen LogP contribution in [0.4, 0.5) is 45.5 Å². The zero-order chi connectivity index (χ0) is 54.6. The van der Waals surface area contributed by atoms with E-state index in [1.807, 2.05) is 36.0 Å². The molecule has 4 aliphatic rings. The smallest absolute Gasteiger partial charge is 0.151 e. The van der Waals surface area contributed by atoms with Crippen LogP contribution in [0.3, 0.4) is 0 Å². The second-order valence-electron chi connectivity index (χ2n) is 25.4. The minimum absolute atomic E-state index is 0.00991. The highest BCUT2D eigenvalue weighted by atomic mass is 32.2. The van der Waals surface area contributed by atoms with Crippen molar-refractivity contribution in [1.82, 2.24) is 0 Å². The highest BCUT2D eigenvalue weighted by Crippen LogP contribution is 2.53. The van der Waals surface area contributed by atoms with Gasteiger partial charge in [0.05, 0.1) is 22.7 Å². The summed E-state index contributed by atoms with van der Waals surface area (Å²) in [6.07, 6.45) is 0. The van der Waals surface area contributed by atoms with E-state index in [-0.39, 0.29) is 27.6 Å². The molecule has 0 amide bonds. The van der Waals surface area contributed by atoms with Crippen molar-refractivity contribution >= 4 is 75.7 Å². The summed E-state index contributed by atoms with van der Waals surface area (Å²) in [4.78, 5) is 12.4. The molecule has 8 aromatic carbocycles. The first kappa shape index (κ1) is 54.1. The van der Waals surface area contributed by atoms with Crippen LogP contribution in [-0.4, -0.2) is 30.2 Å². The van der Waals surface area contributed by atoms with Gasteiger partial charge in [-0.3, -0.25) is 0 Å². The summed E-state index contributed by atoms with van der Waals surface area (Å²) in [5.74, 6) is 1.84. The Bertz CT molecular complexity index is 2950. The predicted molar refractivity (Wildman–Crippen MR) is 332 cm³/mol. The van der Waals surface area contributed by atoms with Gasteiger partial charge in [0, 0.05) is 60.1 Å². The molecule has 7 heteroatoms. The van der Waals surface area contributed by atoms with Crippen molar-refractivity contribution in [3.63, 3.8) is 0 Å². The Morgan fingerprint density at radius 3 is 0.974 bits per heavy atom. The van der Waals surface area contributed by atoms with E-state index in [1.54, 1.807) is 10.4 Å². The van der Waals surface area contributed by atoms with E-state index in [1.165, 1.54) is 55.0 Å². The van der Waals surface area contributed by atoms with Crippen LogP contribution in [0.5, 0.6) is 11.5 Å². The molecule has 392 valence electrons. The molecular formula is C69H80N4OSSi. The summed E-state index contributed by atoms with van der Waals surface area (Å²) < 4.78 is 5.96. The second-order valence-corrected chi connectivity index (χ2v) is 30.8. The third kappa shape index (κ3) is 10.3. The number of hydrogen-bond acceptors (Lipinski definition) is 6. The van der Waals surface area contributed by atoms with Gasteiger partial charge in [0.15, 0.2) is 11.5 Å². The highest BCUT2D eigenvalue weighted by molar-refractivity contribution is 7.99. The lowest BCUT2D eigenvalue weighted by Crippen LogP contribution is -2.61. The Morgan fingerprint density at radius 1 is 0.329 bits per heavy atom. The molecular weight excluding hydrogens is 961 g/mol. The second kappa shape index (κ2) is 20.4. The Labute approximate surface area is 461 Å². The Hall–Kier alpha value is -6.67. The molecule has 76 heavy (non-hydrogen) atoms. The van der Waals surface area contributed by atoms with E-state index < -0.39 is 8.07 Å². The first-order valence-electron chi connectivity index (χ1n) is 27.1. The number of para-hydroxylation sites is 10. The van der Waals surface area contributed by atoms with Crippen molar-refractivity contribution in [3.8, 4) is 11.5 Å². The molecule has 0 spiro atoms. The molecule has 4 aliphatic heterocycles. The fourth-order valence-corrected chi connectivity index (χ4v) is 15.7. The average molecular weight is 1040 g/mol. The van der Waals surface area contributed by atoms with Crippen LogP contribution in [0.25, 0.3) is 0 Å². The average Bonchev–Trinajstić information content (AvgIpc) is 3.42. The summed E-state index contributed by atoms with van der Waals surface area (Å²) in [5, 5.41) is 3.10. The van der Waals surface area contributed by atoms with Gasteiger partial charge in [-0.2, -0.15) is 0 Å². The molecule has 4 heterocycles. The number of rotatable bonds is 0. The van der Waals surface area contributed by atoms with Crippen molar-refractivity contribution in [2.24, 2.45) is 0 Å². The molecule has 0 aliphatic carbocycles. The van der Waals surface area contributed by atoms with Gasteiger partial charge in [-0.05, 0) is 177 Å². The van der Waals surface area contributed by atoms with Gasteiger partial charge >= 0.3 is 0 Å². The first-order chi connectivity index (χ1) is 35.8. The largest absolute Gasteiger partial charge is 0.453 e. The molecule has 0 fully saturated rings. The Balaban J connectivity index is 0.000000124. The molecule has 0 bridgehead atoms. The van der Waals surface area contributed by atoms with Crippen LogP contribution < -0.4 is 34.7 Å². The number of hydrogen-bond donors (Lipinski definition) is 0. The SMILES string of the molecule is CC(C)(C)N1c2ccccc2Oc2ccccc21.CC(C)(C)N1c2ccccc2Sc2ccccc21.CC(C)(C)N1c2ccccc2[Si](C)(C)c2ccccc21.CC1(C)c2ccccc2N(C(C)(C)C)c2ccccc21. The van der Waals surface area contributed by atoms with Crippen LogP contribution in [0.15, 0.2) is 204 Å². The van der Waals surface area contributed by atoms with E-state index in [0.717, 1.165) is 22.9 Å². The van der Waals surface area contributed by atoms with Gasteiger partial charge in [-0.1, -0.05) is 160 Å². The minimum Gasteiger partial charge on any atom is -0.453 e. The van der Waals surface area contributed by atoms with Crippen molar-refractivity contribution in [3.05, 3.63) is 205 Å². The van der Waals surface area contributed by atoms with Crippen LogP contribution >= 0.6 is 11.8 Å². The number of ether oxygens (including phenoxy) is 1. The fourth-order valence-electron chi connectivity index (χ4n) is 11.6. The maximum Gasteiger partial charge on any atom is 0.151 e. The van der Waals surface area contributed by atoms with Crippen molar-refractivity contribution < 1.29 is 4.74 Å². The highest BCUT2D eigenvalue weighted by Gasteiger charge is 2.42. The number of nitrogens with zero attached hydrogens (tertiary/aromatic N) is 4. The van der Waals surface area contributed by atoms with Crippen molar-refractivity contribution in [2.75, 3.05) is 19.6 Å². The fraction of sp³-hybridized carbons (Fsp3) is 0.304. The molecule has 0 N–H and O–H groups in total. The summed E-state index contributed by atoms with van der Waals surface area (Å²) in [5.41, 5.74) is 13.5. The van der Waals surface area contributed by atoms with Crippen LogP contribution in [0, 0.1) is 0 Å². The lowest BCUT2D eigenvalue weighted by atomic mass is 9.73. The summed E-state index contributed by atoms with van der Waals surface area (Å²) in [7, 11) is -1.59. The molecule has 12 rings (SSSR count). The normalized spacial score (nSPS) is 15.3. The van der Waals surface area contributed by atoms with Crippen LogP contribution in [0.1, 0.15) is 108 Å². The number of anilines is 8. The molecule has 0 saturated heterocycles. The predicted octanol–water partition coefficient (Wildman–Crippen LogP) is 18.8. The topological polar surface area (TPSA) is 22.2 Å². The number of fused-ring (bicyclic) bond motifs is 8. The van der Waals surface area contributed by atoms with Gasteiger partial charge in [0.25, 0.3) is 0 Å². The first-order valence-corrected chi connectivity index (χ1v) is 30.9. The van der Waals surface area contributed by atoms with Gasteiger partial charge in [0.1, 0.15) is 8.07 Å². The van der Waals surface area contributed by atoms with E-state index in [4.69, 9.17) is 4.74 Å². The van der Waals surface area contributed by atoms with E-state index in [2.05, 4.69) is 299 Å². The Kier molecular flexibility index (Phi) is 14.5. The third-order valence-corrected chi connectivity index (χ3v) is 19.5. The summed E-state index contributed by atoms with van der Waals surface area (Å²) >= 11 is 1.86. The molecule has 0 unspecified atom stereocenters. The molecule has 0 atom stereocenters. The van der Waals surface area contributed by atoms with Gasteiger partial charge in [-0.15, -0.1) is 0 Å². The molecule has 8 aromatic rings. The maximum absolute atomic E-state index is 5.96. The molecule has 0 aromatic heterocycles. The monoisotopic (exact) mass is 1040 g/mol. The zero-order valence-electron chi connectivity index (χ0n) is 48.1. The lowest BCUT2D eigenvalue weighted by molar-refractivity contribution is 0.451. The zero-order valence-corrected chi connectivity index (χ0v) is 49.9. The van der Waals surface area contributed by atoms with Crippen molar-refractivity contribution in [1.29, 1.82) is 0 Å². The third-order valence-electron chi connectivity index (χ3n) is 14.8. The number of benzene rings is 8. The molecule has 0 saturated carbocycles. The van der Waals surface area contributed by atoms with Gasteiger partial charge in [0.2, 0.25) is 0 Å². The van der Waals surface area contributed by atoms with Crippen LogP contribution in [-0.2, 0) is 5.41 Å². The lowest BCUT2D eigenvalue weighted by Gasteiger charge is -2.47.